The van der Waals surface area contributed by atoms with Crippen LogP contribution in [0.15, 0.2) is 24.3 Å². The van der Waals surface area contributed by atoms with Crippen LogP contribution in [-0.2, 0) is 12.7 Å². The normalized spacial score (nSPS) is 14.6. The number of benzene rings is 1. The third-order valence-electron chi connectivity index (χ3n) is 3.17. The Morgan fingerprint density at radius 1 is 1.17 bits per heavy atom. The second-order valence-corrected chi connectivity index (χ2v) is 5.67. The molecule has 1 nitrogen and oxygen atoms in total. The molecule has 0 aliphatic heterocycles. The summed E-state index contributed by atoms with van der Waals surface area (Å²) in [5.41, 5.74) is 0.146. The van der Waals surface area contributed by atoms with Crippen LogP contribution >= 0.6 is 0 Å². The molecule has 1 atom stereocenters. The van der Waals surface area contributed by atoms with Crippen LogP contribution in [0.3, 0.4) is 0 Å². The van der Waals surface area contributed by atoms with E-state index in [0.29, 0.717) is 12.1 Å². The van der Waals surface area contributed by atoms with Crippen molar-refractivity contribution in [2.24, 2.45) is 5.41 Å². The van der Waals surface area contributed by atoms with Gasteiger partial charge in [-0.2, -0.15) is 13.2 Å². The highest BCUT2D eigenvalue weighted by atomic mass is 19.4. The third kappa shape index (κ3) is 4.33. The first-order valence-electron chi connectivity index (χ1n) is 6.00. The van der Waals surface area contributed by atoms with Crippen LogP contribution in [0.25, 0.3) is 0 Å². The van der Waals surface area contributed by atoms with E-state index in [-0.39, 0.29) is 11.5 Å². The predicted octanol–water partition coefficient (Wildman–Crippen LogP) is 4.23. The van der Waals surface area contributed by atoms with Crippen LogP contribution in [0.2, 0.25) is 0 Å². The van der Waals surface area contributed by atoms with Gasteiger partial charge in [-0.25, -0.2) is 0 Å². The van der Waals surface area contributed by atoms with Crippen molar-refractivity contribution in [1.29, 1.82) is 0 Å². The zero-order chi connectivity index (χ0) is 14.0. The highest BCUT2D eigenvalue weighted by molar-refractivity contribution is 5.25. The second kappa shape index (κ2) is 5.31. The lowest BCUT2D eigenvalue weighted by molar-refractivity contribution is -0.137. The van der Waals surface area contributed by atoms with Gasteiger partial charge >= 0.3 is 6.18 Å². The van der Waals surface area contributed by atoms with Gasteiger partial charge in [0.2, 0.25) is 0 Å². The predicted molar refractivity (Wildman–Crippen MR) is 67.2 cm³/mol. The SMILES string of the molecule is CC(NCc1cccc(C(F)(F)F)c1)C(C)(C)C. The molecule has 0 heterocycles. The van der Waals surface area contributed by atoms with Crippen molar-refractivity contribution < 1.29 is 13.2 Å². The minimum Gasteiger partial charge on any atom is -0.310 e. The summed E-state index contributed by atoms with van der Waals surface area (Å²) in [6, 6.07) is 5.67. The number of alkyl halides is 3. The Kier molecular flexibility index (Phi) is 4.43. The summed E-state index contributed by atoms with van der Waals surface area (Å²) >= 11 is 0. The lowest BCUT2D eigenvalue weighted by Crippen LogP contribution is -2.37. The molecule has 0 spiro atoms. The molecule has 1 unspecified atom stereocenters. The highest BCUT2D eigenvalue weighted by Crippen LogP contribution is 2.29. The van der Waals surface area contributed by atoms with Gasteiger partial charge in [-0.05, 0) is 24.0 Å². The molecule has 18 heavy (non-hydrogen) atoms. The quantitative estimate of drug-likeness (QED) is 0.856. The fraction of sp³-hybridized carbons (Fsp3) is 0.571. The first kappa shape index (κ1) is 15.0. The Labute approximate surface area is 106 Å². The van der Waals surface area contributed by atoms with Crippen LogP contribution in [-0.4, -0.2) is 6.04 Å². The van der Waals surface area contributed by atoms with Crippen LogP contribution in [0.1, 0.15) is 38.8 Å². The molecule has 0 radical (unpaired) electrons. The van der Waals surface area contributed by atoms with E-state index in [1.807, 2.05) is 6.92 Å². The maximum atomic E-state index is 12.5. The summed E-state index contributed by atoms with van der Waals surface area (Å²) in [4.78, 5) is 0. The number of nitrogens with one attached hydrogen (secondary N) is 1. The molecule has 1 aromatic rings. The summed E-state index contributed by atoms with van der Waals surface area (Å²) in [6.07, 6.45) is -4.27. The molecule has 1 N–H and O–H groups in total. The molecule has 102 valence electrons. The Bertz CT molecular complexity index is 391. The number of hydrogen-bond acceptors (Lipinski definition) is 1. The van der Waals surface area contributed by atoms with E-state index < -0.39 is 11.7 Å². The Morgan fingerprint density at radius 2 is 1.78 bits per heavy atom. The van der Waals surface area contributed by atoms with Crippen LogP contribution < -0.4 is 5.32 Å². The summed E-state index contributed by atoms with van der Waals surface area (Å²) < 4.78 is 37.6. The number of halogens is 3. The molecule has 0 aliphatic carbocycles. The van der Waals surface area contributed by atoms with Gasteiger partial charge in [0, 0.05) is 12.6 Å². The van der Waals surface area contributed by atoms with Gasteiger partial charge in [-0.3, -0.25) is 0 Å². The Morgan fingerprint density at radius 3 is 2.28 bits per heavy atom. The van der Waals surface area contributed by atoms with Gasteiger partial charge in [0.1, 0.15) is 0 Å². The van der Waals surface area contributed by atoms with Gasteiger partial charge in [-0.15, -0.1) is 0 Å². The van der Waals surface area contributed by atoms with Crippen molar-refractivity contribution in [3.05, 3.63) is 35.4 Å². The van der Waals surface area contributed by atoms with Gasteiger partial charge in [0.15, 0.2) is 0 Å². The smallest absolute Gasteiger partial charge is 0.310 e. The minimum absolute atomic E-state index is 0.0850. The van der Waals surface area contributed by atoms with E-state index in [4.69, 9.17) is 0 Å². The standard InChI is InChI=1S/C14H20F3N/c1-10(13(2,3)4)18-9-11-6-5-7-12(8-11)14(15,16)17/h5-8,10,18H,9H2,1-4H3. The van der Waals surface area contributed by atoms with E-state index in [2.05, 4.69) is 26.1 Å². The van der Waals surface area contributed by atoms with Crippen molar-refractivity contribution >= 4 is 0 Å². The molecule has 1 aromatic carbocycles. The topological polar surface area (TPSA) is 12.0 Å². The zero-order valence-electron chi connectivity index (χ0n) is 11.2. The van der Waals surface area contributed by atoms with Gasteiger partial charge < -0.3 is 5.32 Å². The lowest BCUT2D eigenvalue weighted by Gasteiger charge is -2.28. The summed E-state index contributed by atoms with van der Waals surface area (Å²) in [7, 11) is 0. The van der Waals surface area contributed by atoms with Crippen LogP contribution in [0.5, 0.6) is 0 Å². The molecule has 4 heteroatoms. The average Bonchev–Trinajstić information content (AvgIpc) is 2.23. The molecule has 0 fully saturated rings. The van der Waals surface area contributed by atoms with Crippen LogP contribution in [0.4, 0.5) is 13.2 Å². The van der Waals surface area contributed by atoms with E-state index in [9.17, 15) is 13.2 Å². The van der Waals surface area contributed by atoms with Crippen LogP contribution in [0, 0.1) is 5.41 Å². The maximum absolute atomic E-state index is 12.5. The molecular weight excluding hydrogens is 239 g/mol. The number of rotatable bonds is 3. The number of hydrogen-bond donors (Lipinski definition) is 1. The van der Waals surface area contributed by atoms with E-state index >= 15 is 0 Å². The maximum Gasteiger partial charge on any atom is 0.416 e. The largest absolute Gasteiger partial charge is 0.416 e. The van der Waals surface area contributed by atoms with Crippen molar-refractivity contribution in [3.8, 4) is 0 Å². The molecule has 0 saturated heterocycles. The minimum atomic E-state index is -4.27. The highest BCUT2D eigenvalue weighted by Gasteiger charge is 2.30. The molecular formula is C14H20F3N. The van der Waals surface area contributed by atoms with Crippen molar-refractivity contribution in [1.82, 2.24) is 5.32 Å². The monoisotopic (exact) mass is 259 g/mol. The zero-order valence-corrected chi connectivity index (χ0v) is 11.2. The molecule has 1 rings (SSSR count). The van der Waals surface area contributed by atoms with Gasteiger partial charge in [0.25, 0.3) is 0 Å². The fourth-order valence-corrected chi connectivity index (χ4v) is 1.43. The molecule has 0 aromatic heterocycles. The second-order valence-electron chi connectivity index (χ2n) is 5.67. The summed E-state index contributed by atoms with van der Waals surface area (Å²) in [5, 5.41) is 3.25. The Balaban J connectivity index is 2.69. The summed E-state index contributed by atoms with van der Waals surface area (Å²) in [6.45, 7) is 8.76. The molecule has 0 amide bonds. The molecule has 0 bridgehead atoms. The average molecular weight is 259 g/mol. The first-order valence-corrected chi connectivity index (χ1v) is 6.00. The fourth-order valence-electron chi connectivity index (χ4n) is 1.43. The first-order chi connectivity index (χ1) is 8.10. The lowest BCUT2D eigenvalue weighted by atomic mass is 9.88. The van der Waals surface area contributed by atoms with Gasteiger partial charge in [-0.1, -0.05) is 39.0 Å². The summed E-state index contributed by atoms with van der Waals surface area (Å²) in [5.74, 6) is 0. The third-order valence-corrected chi connectivity index (χ3v) is 3.17. The van der Waals surface area contributed by atoms with E-state index in [1.54, 1.807) is 6.07 Å². The van der Waals surface area contributed by atoms with E-state index in [0.717, 1.165) is 6.07 Å². The van der Waals surface area contributed by atoms with E-state index in [1.165, 1.54) is 12.1 Å². The van der Waals surface area contributed by atoms with Gasteiger partial charge in [0.05, 0.1) is 5.56 Å². The molecule has 0 saturated carbocycles. The Hall–Kier alpha value is -1.03. The van der Waals surface area contributed by atoms with Crippen molar-refractivity contribution in [3.63, 3.8) is 0 Å². The molecule has 0 aliphatic rings. The van der Waals surface area contributed by atoms with Crippen molar-refractivity contribution in [2.45, 2.75) is 46.5 Å². The van der Waals surface area contributed by atoms with Crippen molar-refractivity contribution in [2.75, 3.05) is 0 Å².